The largest absolute Gasteiger partial charge is 0.492 e. The second-order valence-electron chi connectivity index (χ2n) is 4.03. The first-order chi connectivity index (χ1) is 9.17. The number of alkyl halides is 3. The Morgan fingerprint density at radius 1 is 1.42 bits per heavy atom. The van der Waals surface area contributed by atoms with Gasteiger partial charge in [0.25, 0.3) is 6.43 Å². The number of halogens is 3. The second kappa shape index (κ2) is 6.19. The third-order valence-corrected chi connectivity index (χ3v) is 2.95. The topological polar surface area (TPSA) is 27.1 Å². The normalized spacial score (nSPS) is 11.4. The van der Waals surface area contributed by atoms with Crippen LogP contribution in [0.4, 0.5) is 8.78 Å². The Labute approximate surface area is 115 Å². The summed E-state index contributed by atoms with van der Waals surface area (Å²) in [6.07, 6.45) is -1.98. The van der Waals surface area contributed by atoms with E-state index in [4.69, 9.17) is 16.3 Å². The van der Waals surface area contributed by atoms with Gasteiger partial charge in [-0.2, -0.15) is 0 Å². The standard InChI is InChI=1S/C13H15ClF2N2O/c1-2-19-10-5-3-4-9-13(10)17-12(6-7-14)18(9)8-11(15)16/h3-5,11H,2,6-8H2,1H3. The van der Waals surface area contributed by atoms with Gasteiger partial charge in [-0.25, -0.2) is 13.8 Å². The van der Waals surface area contributed by atoms with Crippen molar-refractivity contribution in [1.82, 2.24) is 9.55 Å². The Morgan fingerprint density at radius 3 is 2.84 bits per heavy atom. The summed E-state index contributed by atoms with van der Waals surface area (Å²) in [5.74, 6) is 1.53. The van der Waals surface area contributed by atoms with Gasteiger partial charge >= 0.3 is 0 Å². The quantitative estimate of drug-likeness (QED) is 0.761. The lowest BCUT2D eigenvalue weighted by Crippen LogP contribution is -2.10. The molecule has 0 bridgehead atoms. The molecular formula is C13H15ClF2N2O. The molecule has 6 heteroatoms. The molecule has 0 unspecified atom stereocenters. The summed E-state index contributed by atoms with van der Waals surface area (Å²) < 4.78 is 32.4. The molecule has 0 amide bonds. The molecule has 0 aliphatic rings. The van der Waals surface area contributed by atoms with Crippen LogP contribution in [-0.2, 0) is 13.0 Å². The van der Waals surface area contributed by atoms with E-state index in [2.05, 4.69) is 4.98 Å². The highest BCUT2D eigenvalue weighted by Gasteiger charge is 2.16. The van der Waals surface area contributed by atoms with Crippen LogP contribution in [-0.4, -0.2) is 28.5 Å². The van der Waals surface area contributed by atoms with E-state index in [0.717, 1.165) is 0 Å². The number of hydrogen-bond acceptors (Lipinski definition) is 2. The van der Waals surface area contributed by atoms with Crippen LogP contribution in [0.5, 0.6) is 5.75 Å². The molecule has 0 aliphatic heterocycles. The van der Waals surface area contributed by atoms with Gasteiger partial charge in [-0.15, -0.1) is 11.6 Å². The minimum Gasteiger partial charge on any atom is -0.492 e. The van der Waals surface area contributed by atoms with Gasteiger partial charge in [-0.05, 0) is 19.1 Å². The molecule has 19 heavy (non-hydrogen) atoms. The molecule has 1 heterocycles. The van der Waals surface area contributed by atoms with Crippen molar-refractivity contribution in [3.8, 4) is 5.75 Å². The molecule has 104 valence electrons. The molecule has 2 aromatic rings. The van der Waals surface area contributed by atoms with Gasteiger partial charge in [0, 0.05) is 12.3 Å². The number of aromatic nitrogens is 2. The van der Waals surface area contributed by atoms with Crippen molar-refractivity contribution in [2.24, 2.45) is 0 Å². The first-order valence-electron chi connectivity index (χ1n) is 6.12. The molecule has 0 saturated heterocycles. The van der Waals surface area contributed by atoms with Crippen molar-refractivity contribution in [1.29, 1.82) is 0 Å². The van der Waals surface area contributed by atoms with E-state index in [1.165, 1.54) is 4.57 Å². The number of ether oxygens (including phenoxy) is 1. The summed E-state index contributed by atoms with van der Waals surface area (Å²) >= 11 is 5.70. The monoisotopic (exact) mass is 288 g/mol. The summed E-state index contributed by atoms with van der Waals surface area (Å²) in [6.45, 7) is 2.00. The summed E-state index contributed by atoms with van der Waals surface area (Å²) in [5, 5.41) is 0. The van der Waals surface area contributed by atoms with Gasteiger partial charge in [0.2, 0.25) is 0 Å². The van der Waals surface area contributed by atoms with Crippen LogP contribution < -0.4 is 4.74 Å². The Bertz CT molecular complexity index is 557. The zero-order valence-electron chi connectivity index (χ0n) is 10.6. The fourth-order valence-corrected chi connectivity index (χ4v) is 2.23. The molecule has 0 aliphatic carbocycles. The predicted octanol–water partition coefficient (Wildman–Crippen LogP) is 3.48. The van der Waals surface area contributed by atoms with Crippen LogP contribution in [0.1, 0.15) is 12.7 Å². The van der Waals surface area contributed by atoms with E-state index < -0.39 is 6.43 Å². The molecule has 0 fully saturated rings. The van der Waals surface area contributed by atoms with Crippen LogP contribution in [0.25, 0.3) is 11.0 Å². The number of nitrogens with zero attached hydrogens (tertiary/aromatic N) is 2. The maximum absolute atomic E-state index is 12.7. The summed E-state index contributed by atoms with van der Waals surface area (Å²) in [7, 11) is 0. The maximum atomic E-state index is 12.7. The lowest BCUT2D eigenvalue weighted by atomic mass is 10.3. The predicted molar refractivity (Wildman–Crippen MR) is 71.3 cm³/mol. The average molecular weight is 289 g/mol. The van der Waals surface area contributed by atoms with Crippen molar-refractivity contribution >= 4 is 22.6 Å². The van der Waals surface area contributed by atoms with E-state index in [9.17, 15) is 8.78 Å². The SMILES string of the molecule is CCOc1cccc2c1nc(CCCl)n2CC(F)F. The van der Waals surface area contributed by atoms with Crippen molar-refractivity contribution in [3.63, 3.8) is 0 Å². The highest BCUT2D eigenvalue weighted by Crippen LogP contribution is 2.27. The second-order valence-corrected chi connectivity index (χ2v) is 4.40. The third kappa shape index (κ3) is 2.97. The Morgan fingerprint density at radius 2 is 2.21 bits per heavy atom. The molecular weight excluding hydrogens is 274 g/mol. The lowest BCUT2D eigenvalue weighted by Gasteiger charge is -2.08. The van der Waals surface area contributed by atoms with Crippen molar-refractivity contribution in [2.45, 2.75) is 26.3 Å². The van der Waals surface area contributed by atoms with Gasteiger partial charge < -0.3 is 9.30 Å². The Balaban J connectivity index is 2.55. The number of para-hydroxylation sites is 1. The van der Waals surface area contributed by atoms with Crippen LogP contribution in [0.2, 0.25) is 0 Å². The van der Waals surface area contributed by atoms with Gasteiger partial charge in [0.15, 0.2) is 0 Å². The number of fused-ring (bicyclic) bond motifs is 1. The summed E-state index contributed by atoms with van der Waals surface area (Å²) in [6, 6.07) is 5.34. The molecule has 0 saturated carbocycles. The minimum absolute atomic E-state index is 0.344. The van der Waals surface area contributed by atoms with E-state index >= 15 is 0 Å². The van der Waals surface area contributed by atoms with Gasteiger partial charge in [-0.3, -0.25) is 0 Å². The van der Waals surface area contributed by atoms with E-state index in [1.807, 2.05) is 6.92 Å². The van der Waals surface area contributed by atoms with Gasteiger partial charge in [-0.1, -0.05) is 6.07 Å². The van der Waals surface area contributed by atoms with Crippen LogP contribution in [0.3, 0.4) is 0 Å². The van der Waals surface area contributed by atoms with Gasteiger partial charge in [0.1, 0.15) is 17.1 Å². The fourth-order valence-electron chi connectivity index (χ4n) is 2.06. The van der Waals surface area contributed by atoms with E-state index in [1.54, 1.807) is 18.2 Å². The first kappa shape index (κ1) is 14.1. The van der Waals surface area contributed by atoms with Crippen LogP contribution in [0.15, 0.2) is 18.2 Å². The van der Waals surface area contributed by atoms with E-state index in [0.29, 0.717) is 41.5 Å². The molecule has 1 aromatic heterocycles. The Hall–Kier alpha value is -1.36. The zero-order valence-corrected chi connectivity index (χ0v) is 11.3. The molecule has 0 radical (unpaired) electrons. The van der Waals surface area contributed by atoms with Crippen molar-refractivity contribution in [3.05, 3.63) is 24.0 Å². The maximum Gasteiger partial charge on any atom is 0.256 e. The third-order valence-electron chi connectivity index (χ3n) is 2.76. The first-order valence-corrected chi connectivity index (χ1v) is 6.65. The molecule has 0 atom stereocenters. The van der Waals surface area contributed by atoms with Crippen LogP contribution >= 0.6 is 11.6 Å². The van der Waals surface area contributed by atoms with Gasteiger partial charge in [0.05, 0.1) is 18.7 Å². The molecule has 1 aromatic carbocycles. The molecule has 3 nitrogen and oxygen atoms in total. The highest BCUT2D eigenvalue weighted by molar-refractivity contribution is 6.17. The smallest absolute Gasteiger partial charge is 0.256 e. The fraction of sp³-hybridized carbons (Fsp3) is 0.462. The van der Waals surface area contributed by atoms with Crippen LogP contribution in [0, 0.1) is 0 Å². The number of aryl methyl sites for hydroxylation is 1. The number of benzene rings is 1. The lowest BCUT2D eigenvalue weighted by molar-refractivity contribution is 0.127. The zero-order chi connectivity index (χ0) is 13.8. The number of imidazole rings is 1. The minimum atomic E-state index is -2.43. The summed E-state index contributed by atoms with van der Waals surface area (Å²) in [5.41, 5.74) is 1.27. The van der Waals surface area contributed by atoms with Crippen molar-refractivity contribution < 1.29 is 13.5 Å². The number of rotatable bonds is 6. The molecule has 2 rings (SSSR count). The average Bonchev–Trinajstić information content (AvgIpc) is 2.69. The van der Waals surface area contributed by atoms with Crippen molar-refractivity contribution in [2.75, 3.05) is 12.5 Å². The molecule has 0 N–H and O–H groups in total. The Kier molecular flexibility index (Phi) is 4.58. The number of hydrogen-bond donors (Lipinski definition) is 0. The highest BCUT2D eigenvalue weighted by atomic mass is 35.5. The molecule has 0 spiro atoms. The summed E-state index contributed by atoms with van der Waals surface area (Å²) in [4.78, 5) is 4.39. The van der Waals surface area contributed by atoms with E-state index in [-0.39, 0.29) is 6.54 Å².